The monoisotopic (exact) mass is 318 g/mol. The van der Waals surface area contributed by atoms with Gasteiger partial charge in [0, 0.05) is 29.8 Å². The second kappa shape index (κ2) is 5.62. The molecule has 0 amide bonds. The van der Waals surface area contributed by atoms with E-state index in [1.807, 2.05) is 0 Å². The molecule has 1 aromatic heterocycles. The van der Waals surface area contributed by atoms with Gasteiger partial charge < -0.3 is 9.97 Å². The average molecular weight is 318 g/mol. The Labute approximate surface area is 131 Å². The zero-order chi connectivity index (χ0) is 16.7. The maximum absolute atomic E-state index is 11.7. The summed E-state index contributed by atoms with van der Waals surface area (Å²) in [7, 11) is 0. The molecule has 2 heterocycles. The van der Waals surface area contributed by atoms with Crippen LogP contribution in [0.3, 0.4) is 0 Å². The summed E-state index contributed by atoms with van der Waals surface area (Å²) in [5.74, 6) is 0. The Balaban J connectivity index is 2.25. The first-order valence-electron chi connectivity index (χ1n) is 7.55. The van der Waals surface area contributed by atoms with Gasteiger partial charge >= 0.3 is 11.1 Å². The van der Waals surface area contributed by atoms with Crippen molar-refractivity contribution in [3.8, 4) is 0 Å². The van der Waals surface area contributed by atoms with Crippen molar-refractivity contribution >= 4 is 16.7 Å². The van der Waals surface area contributed by atoms with Crippen LogP contribution >= 0.6 is 0 Å². The molecule has 122 valence electrons. The topological polar surface area (TPSA) is 112 Å². The van der Waals surface area contributed by atoms with Crippen LogP contribution in [0.15, 0.2) is 15.7 Å². The number of hydrogen-bond donors (Lipinski definition) is 2. The number of aromatic amines is 2. The fourth-order valence-electron chi connectivity index (χ4n) is 3.23. The van der Waals surface area contributed by atoms with Crippen molar-refractivity contribution in [1.29, 1.82) is 0 Å². The molecule has 2 aromatic rings. The molecule has 0 radical (unpaired) electrons. The molecule has 1 aliphatic heterocycles. The molecule has 1 unspecified atom stereocenters. The largest absolute Gasteiger partial charge is 0.316 e. The fraction of sp³-hybridized carbons (Fsp3) is 0.467. The highest BCUT2D eigenvalue weighted by Gasteiger charge is 2.25. The van der Waals surface area contributed by atoms with E-state index in [0.717, 1.165) is 19.4 Å². The number of H-pyrrole nitrogens is 2. The van der Waals surface area contributed by atoms with Gasteiger partial charge in [-0.05, 0) is 33.2 Å². The van der Waals surface area contributed by atoms with Crippen molar-refractivity contribution in [3.05, 3.63) is 48.0 Å². The third kappa shape index (κ3) is 2.65. The number of fused-ring (bicyclic) bond motifs is 1. The Kier molecular flexibility index (Phi) is 3.77. The highest BCUT2D eigenvalue weighted by Crippen LogP contribution is 2.30. The Morgan fingerprint density at radius 1 is 1.35 bits per heavy atom. The number of nitro benzene ring substituents is 1. The molecule has 2 N–H and O–H groups in total. The van der Waals surface area contributed by atoms with Crippen LogP contribution in [-0.2, 0) is 6.54 Å². The molecule has 8 heteroatoms. The van der Waals surface area contributed by atoms with Crippen LogP contribution in [0.4, 0.5) is 5.69 Å². The molecule has 1 fully saturated rings. The highest BCUT2D eigenvalue weighted by atomic mass is 16.6. The number of benzene rings is 1. The number of rotatable bonds is 3. The third-order valence-electron chi connectivity index (χ3n) is 4.63. The second-order valence-electron chi connectivity index (χ2n) is 6.05. The number of likely N-dealkylation sites (tertiary alicyclic amines) is 1. The summed E-state index contributed by atoms with van der Waals surface area (Å²) < 4.78 is 0. The number of nitrogens with one attached hydrogen (secondary N) is 2. The molecule has 1 aliphatic rings. The van der Waals surface area contributed by atoms with Crippen molar-refractivity contribution in [2.75, 3.05) is 6.54 Å². The molecule has 1 aromatic carbocycles. The van der Waals surface area contributed by atoms with Crippen LogP contribution in [0.25, 0.3) is 11.0 Å². The van der Waals surface area contributed by atoms with E-state index in [1.54, 1.807) is 6.92 Å². The summed E-state index contributed by atoms with van der Waals surface area (Å²) in [4.78, 5) is 41.3. The minimum absolute atomic E-state index is 0.0537. The summed E-state index contributed by atoms with van der Waals surface area (Å²) in [6.07, 6.45) is 2.17. The van der Waals surface area contributed by atoms with Gasteiger partial charge in [0.15, 0.2) is 0 Å². The van der Waals surface area contributed by atoms with Gasteiger partial charge in [-0.15, -0.1) is 0 Å². The fourth-order valence-corrected chi connectivity index (χ4v) is 3.23. The summed E-state index contributed by atoms with van der Waals surface area (Å²) in [6, 6.07) is 1.69. The van der Waals surface area contributed by atoms with Crippen LogP contribution in [0.2, 0.25) is 0 Å². The van der Waals surface area contributed by atoms with Crippen molar-refractivity contribution in [2.45, 2.75) is 39.3 Å². The Morgan fingerprint density at radius 2 is 2.04 bits per heavy atom. The molecule has 0 bridgehead atoms. The molecule has 23 heavy (non-hydrogen) atoms. The van der Waals surface area contributed by atoms with E-state index in [9.17, 15) is 19.7 Å². The van der Waals surface area contributed by atoms with Gasteiger partial charge in [-0.25, -0.2) is 0 Å². The molecule has 0 aliphatic carbocycles. The lowest BCUT2D eigenvalue weighted by Crippen LogP contribution is -2.31. The normalized spacial score (nSPS) is 18.6. The Hall–Kier alpha value is -2.48. The first kappa shape index (κ1) is 15.4. The van der Waals surface area contributed by atoms with E-state index in [2.05, 4.69) is 21.8 Å². The number of nitrogens with zero attached hydrogens (tertiary/aromatic N) is 2. The maximum Gasteiger partial charge on any atom is 0.314 e. The number of hydrogen-bond acceptors (Lipinski definition) is 5. The van der Waals surface area contributed by atoms with Crippen LogP contribution in [0.5, 0.6) is 0 Å². The molecule has 0 spiro atoms. The third-order valence-corrected chi connectivity index (χ3v) is 4.63. The molecule has 8 nitrogen and oxygen atoms in total. The zero-order valence-electron chi connectivity index (χ0n) is 13.0. The molecular weight excluding hydrogens is 300 g/mol. The summed E-state index contributed by atoms with van der Waals surface area (Å²) in [6.45, 7) is 5.22. The zero-order valence-corrected chi connectivity index (χ0v) is 13.0. The Morgan fingerprint density at radius 3 is 2.65 bits per heavy atom. The Bertz CT molecular complexity index is 899. The van der Waals surface area contributed by atoms with Crippen molar-refractivity contribution in [3.63, 3.8) is 0 Å². The second-order valence-corrected chi connectivity index (χ2v) is 6.05. The van der Waals surface area contributed by atoms with E-state index in [0.29, 0.717) is 29.2 Å². The van der Waals surface area contributed by atoms with Crippen LogP contribution in [0.1, 0.15) is 30.9 Å². The van der Waals surface area contributed by atoms with E-state index in [-0.39, 0.29) is 11.2 Å². The molecule has 1 saturated heterocycles. The number of aromatic nitrogens is 2. The predicted octanol–water partition coefficient (Wildman–Crippen LogP) is 1.42. The van der Waals surface area contributed by atoms with Gasteiger partial charge in [-0.1, -0.05) is 0 Å². The van der Waals surface area contributed by atoms with Crippen molar-refractivity contribution in [2.24, 2.45) is 0 Å². The van der Waals surface area contributed by atoms with Gasteiger partial charge in [0.1, 0.15) is 0 Å². The summed E-state index contributed by atoms with van der Waals surface area (Å²) >= 11 is 0. The predicted molar refractivity (Wildman–Crippen MR) is 85.7 cm³/mol. The number of nitro groups is 1. The lowest BCUT2D eigenvalue weighted by Gasteiger charge is -2.22. The van der Waals surface area contributed by atoms with Gasteiger partial charge in [0.2, 0.25) is 0 Å². The minimum Gasteiger partial charge on any atom is -0.316 e. The highest BCUT2D eigenvalue weighted by molar-refractivity contribution is 5.82. The molecule has 1 atom stereocenters. The maximum atomic E-state index is 11.7. The van der Waals surface area contributed by atoms with Gasteiger partial charge in [-0.2, -0.15) is 0 Å². The minimum atomic E-state index is -0.809. The lowest BCUT2D eigenvalue weighted by atomic mass is 10.0. The van der Waals surface area contributed by atoms with Crippen molar-refractivity contribution < 1.29 is 4.92 Å². The van der Waals surface area contributed by atoms with Gasteiger partial charge in [0.25, 0.3) is 5.69 Å². The summed E-state index contributed by atoms with van der Waals surface area (Å²) in [5, 5.41) is 11.3. The smallest absolute Gasteiger partial charge is 0.314 e. The van der Waals surface area contributed by atoms with E-state index in [4.69, 9.17) is 0 Å². The van der Waals surface area contributed by atoms with Gasteiger partial charge in [-0.3, -0.25) is 24.6 Å². The van der Waals surface area contributed by atoms with Crippen molar-refractivity contribution in [1.82, 2.24) is 14.9 Å². The average Bonchev–Trinajstić information content (AvgIpc) is 2.89. The van der Waals surface area contributed by atoms with E-state index in [1.165, 1.54) is 6.07 Å². The molecular formula is C15H18N4O4. The van der Waals surface area contributed by atoms with E-state index >= 15 is 0 Å². The SMILES string of the molecule is Cc1c([N+](=O)[O-])cc2[nH]c(=O)c(=O)[nH]c2c1CN1CCCC1C. The van der Waals surface area contributed by atoms with Crippen LogP contribution in [-0.4, -0.2) is 32.4 Å². The first-order valence-corrected chi connectivity index (χ1v) is 7.55. The van der Waals surface area contributed by atoms with E-state index < -0.39 is 16.0 Å². The van der Waals surface area contributed by atoms with Crippen LogP contribution < -0.4 is 11.1 Å². The molecule has 3 rings (SSSR count). The summed E-state index contributed by atoms with van der Waals surface area (Å²) in [5.41, 5.74) is 0.353. The van der Waals surface area contributed by atoms with Crippen LogP contribution in [0, 0.1) is 17.0 Å². The van der Waals surface area contributed by atoms with Gasteiger partial charge in [0.05, 0.1) is 16.0 Å². The standard InChI is InChI=1S/C15H18N4O4/c1-8-4-3-5-18(8)7-10-9(2)12(19(22)23)6-11-13(10)17-15(21)14(20)16-11/h6,8H,3-5,7H2,1-2H3,(H,16,20)(H,17,21). The quantitative estimate of drug-likeness (QED) is 0.505. The first-order chi connectivity index (χ1) is 10.9. The lowest BCUT2D eigenvalue weighted by molar-refractivity contribution is -0.385. The molecule has 0 saturated carbocycles.